The zero-order valence-electron chi connectivity index (χ0n) is 15.2. The predicted molar refractivity (Wildman–Crippen MR) is 81.7 cm³/mol. The minimum absolute atomic E-state index is 0.122. The summed E-state index contributed by atoms with van der Waals surface area (Å²) in [7, 11) is 0. The Morgan fingerprint density at radius 3 is 2.00 bits per heavy atom. The third-order valence-corrected chi connectivity index (χ3v) is 2.96. The van der Waals surface area contributed by atoms with E-state index in [1.54, 1.807) is 12.1 Å². The molecule has 0 aliphatic carbocycles. The lowest BCUT2D eigenvalue weighted by molar-refractivity contribution is 1.58. The molecule has 0 atom stereocenters. The molecular weight excluding hydrogens is 230 g/mol. The minimum Gasteiger partial charge on any atom is -0.398 e. The SMILES string of the molecule is [2H]c1c([2H])c([2H])c(-c2cccc(-c3ccccc3)c2N)c([2H])c1[2H]. The van der Waals surface area contributed by atoms with Gasteiger partial charge in [-0.15, -0.1) is 0 Å². The zero-order chi connectivity index (χ0) is 17.4. The third kappa shape index (κ3) is 2.23. The molecule has 0 aliphatic rings. The van der Waals surface area contributed by atoms with Crippen LogP contribution in [-0.2, 0) is 0 Å². The van der Waals surface area contributed by atoms with Crippen molar-refractivity contribution in [1.82, 2.24) is 0 Å². The van der Waals surface area contributed by atoms with Gasteiger partial charge in [0.05, 0.1) is 6.85 Å². The van der Waals surface area contributed by atoms with Gasteiger partial charge < -0.3 is 5.73 Å². The van der Waals surface area contributed by atoms with E-state index < -0.39 is 6.04 Å². The number of para-hydroxylation sites is 1. The van der Waals surface area contributed by atoms with E-state index >= 15 is 0 Å². The van der Waals surface area contributed by atoms with Crippen molar-refractivity contribution < 1.29 is 6.85 Å². The number of benzene rings is 3. The maximum Gasteiger partial charge on any atom is 0.0629 e. The summed E-state index contributed by atoms with van der Waals surface area (Å²) in [5.41, 5.74) is 8.91. The zero-order valence-corrected chi connectivity index (χ0v) is 10.2. The molecule has 3 aromatic carbocycles. The first kappa shape index (κ1) is 7.15. The molecule has 0 bridgehead atoms. The molecule has 0 spiro atoms. The topological polar surface area (TPSA) is 26.0 Å². The molecule has 0 heterocycles. The summed E-state index contributed by atoms with van der Waals surface area (Å²) >= 11 is 0. The molecule has 1 heteroatoms. The summed E-state index contributed by atoms with van der Waals surface area (Å²) in [5.74, 6) is 0. The Kier molecular flexibility index (Phi) is 1.88. The Labute approximate surface area is 120 Å². The van der Waals surface area contributed by atoms with Crippen LogP contribution in [-0.4, -0.2) is 0 Å². The maximum atomic E-state index is 8.12. The molecule has 2 N–H and O–H groups in total. The molecular formula is C18H15N. The Morgan fingerprint density at radius 2 is 1.32 bits per heavy atom. The van der Waals surface area contributed by atoms with Crippen molar-refractivity contribution in [3.05, 3.63) is 78.7 Å². The maximum absolute atomic E-state index is 8.12. The molecule has 92 valence electrons. The lowest BCUT2D eigenvalue weighted by atomic mass is 9.96. The van der Waals surface area contributed by atoms with Gasteiger partial charge >= 0.3 is 0 Å². The molecule has 0 aliphatic heterocycles. The van der Waals surface area contributed by atoms with Gasteiger partial charge in [-0.25, -0.2) is 0 Å². The number of nitrogens with two attached hydrogens (primary N) is 1. The van der Waals surface area contributed by atoms with Gasteiger partial charge in [-0.3, -0.25) is 0 Å². The van der Waals surface area contributed by atoms with Crippen LogP contribution in [0, 0.1) is 0 Å². The standard InChI is InChI=1S/C18H15N/c19-18-16(14-8-3-1-4-9-14)12-7-13-17(18)15-10-5-2-6-11-15/h1-13H,19H2/i1D,3D,4D,8D,9D. The van der Waals surface area contributed by atoms with Crippen LogP contribution in [0.2, 0.25) is 0 Å². The van der Waals surface area contributed by atoms with E-state index in [-0.39, 0.29) is 29.7 Å². The molecule has 0 radical (unpaired) electrons. The second kappa shape index (κ2) is 4.99. The van der Waals surface area contributed by atoms with Crippen LogP contribution in [0.25, 0.3) is 22.3 Å². The van der Waals surface area contributed by atoms with Crippen LogP contribution in [0.4, 0.5) is 5.69 Å². The molecule has 3 aromatic rings. The summed E-state index contributed by atoms with van der Waals surface area (Å²) in [6.07, 6.45) is 0. The van der Waals surface area contributed by atoms with Gasteiger partial charge in [-0.05, 0) is 11.1 Å². The van der Waals surface area contributed by atoms with Gasteiger partial charge in [0.25, 0.3) is 0 Å². The fourth-order valence-electron chi connectivity index (χ4n) is 2.04. The molecule has 0 unspecified atom stereocenters. The summed E-state index contributed by atoms with van der Waals surface area (Å²) in [6.45, 7) is 0. The van der Waals surface area contributed by atoms with E-state index in [0.29, 0.717) is 11.3 Å². The highest BCUT2D eigenvalue weighted by molar-refractivity contribution is 5.88. The van der Waals surface area contributed by atoms with Crippen molar-refractivity contribution in [1.29, 1.82) is 0 Å². The van der Waals surface area contributed by atoms with Crippen LogP contribution in [0.1, 0.15) is 6.85 Å². The fraction of sp³-hybridized carbons (Fsp3) is 0. The van der Waals surface area contributed by atoms with Gasteiger partial charge in [0, 0.05) is 16.8 Å². The first-order valence-electron chi connectivity index (χ1n) is 8.44. The van der Waals surface area contributed by atoms with E-state index in [9.17, 15) is 0 Å². The Bertz CT molecular complexity index is 893. The second-order valence-corrected chi connectivity index (χ2v) is 4.13. The fourth-order valence-corrected chi connectivity index (χ4v) is 2.04. The molecule has 19 heavy (non-hydrogen) atoms. The molecule has 0 saturated carbocycles. The van der Waals surface area contributed by atoms with E-state index in [0.717, 1.165) is 11.1 Å². The highest BCUT2D eigenvalue weighted by atomic mass is 14.6. The lowest BCUT2D eigenvalue weighted by Gasteiger charge is -2.11. The molecule has 0 fully saturated rings. The van der Waals surface area contributed by atoms with E-state index in [4.69, 9.17) is 12.6 Å². The molecule has 0 saturated heterocycles. The number of rotatable bonds is 2. The van der Waals surface area contributed by atoms with Gasteiger partial charge in [0.15, 0.2) is 0 Å². The summed E-state index contributed by atoms with van der Waals surface area (Å²) < 4.78 is 39.6. The predicted octanol–water partition coefficient (Wildman–Crippen LogP) is 4.60. The molecule has 0 amide bonds. The van der Waals surface area contributed by atoms with Crippen molar-refractivity contribution >= 4 is 5.69 Å². The molecule has 0 aromatic heterocycles. The van der Waals surface area contributed by atoms with Crippen molar-refractivity contribution in [2.45, 2.75) is 0 Å². The van der Waals surface area contributed by atoms with Gasteiger partial charge in [-0.2, -0.15) is 0 Å². The summed E-state index contributed by atoms with van der Waals surface area (Å²) in [6, 6.07) is 13.2. The average molecular weight is 250 g/mol. The average Bonchev–Trinajstić information content (AvgIpc) is 2.60. The van der Waals surface area contributed by atoms with Gasteiger partial charge in [0.1, 0.15) is 0 Å². The Hall–Kier alpha value is -2.54. The van der Waals surface area contributed by atoms with E-state index in [2.05, 4.69) is 0 Å². The molecule has 3 rings (SSSR count). The van der Waals surface area contributed by atoms with Crippen LogP contribution in [0.15, 0.2) is 78.7 Å². The van der Waals surface area contributed by atoms with Crippen LogP contribution < -0.4 is 5.73 Å². The summed E-state index contributed by atoms with van der Waals surface area (Å²) in [4.78, 5) is 0. The quantitative estimate of drug-likeness (QED) is 0.661. The van der Waals surface area contributed by atoms with Crippen molar-refractivity contribution in [3.8, 4) is 22.3 Å². The minimum atomic E-state index is -0.411. The normalized spacial score (nSPS) is 14.0. The van der Waals surface area contributed by atoms with E-state index in [1.807, 2.05) is 36.4 Å². The monoisotopic (exact) mass is 250 g/mol. The van der Waals surface area contributed by atoms with Gasteiger partial charge in [-0.1, -0.05) is 78.7 Å². The number of anilines is 1. The highest BCUT2D eigenvalue weighted by Crippen LogP contribution is 2.34. The van der Waals surface area contributed by atoms with Gasteiger partial charge in [0.2, 0.25) is 0 Å². The van der Waals surface area contributed by atoms with Crippen LogP contribution in [0.5, 0.6) is 0 Å². The number of hydrogen-bond acceptors (Lipinski definition) is 1. The largest absolute Gasteiger partial charge is 0.398 e. The molecule has 1 nitrogen and oxygen atoms in total. The smallest absolute Gasteiger partial charge is 0.0629 e. The highest BCUT2D eigenvalue weighted by Gasteiger charge is 2.07. The first-order valence-corrected chi connectivity index (χ1v) is 5.94. The van der Waals surface area contributed by atoms with Crippen LogP contribution in [0.3, 0.4) is 0 Å². The van der Waals surface area contributed by atoms with Crippen molar-refractivity contribution in [2.75, 3.05) is 5.73 Å². The third-order valence-electron chi connectivity index (χ3n) is 2.96. The Morgan fingerprint density at radius 1 is 0.684 bits per heavy atom. The van der Waals surface area contributed by atoms with Crippen molar-refractivity contribution in [2.24, 2.45) is 0 Å². The van der Waals surface area contributed by atoms with Crippen LogP contribution >= 0.6 is 0 Å². The first-order chi connectivity index (χ1) is 11.4. The summed E-state index contributed by atoms with van der Waals surface area (Å²) in [5, 5.41) is 0. The second-order valence-electron chi connectivity index (χ2n) is 4.13. The number of nitrogen functional groups attached to an aromatic ring is 1. The Balaban J connectivity index is 2.30. The lowest BCUT2D eigenvalue weighted by Crippen LogP contribution is -1.93. The number of hydrogen-bond donors (Lipinski definition) is 1. The van der Waals surface area contributed by atoms with E-state index in [1.165, 1.54) is 0 Å². The van der Waals surface area contributed by atoms with Crippen molar-refractivity contribution in [3.63, 3.8) is 0 Å².